The van der Waals surface area contributed by atoms with Crippen molar-refractivity contribution in [2.45, 2.75) is 37.5 Å². The second kappa shape index (κ2) is 4.58. The highest BCUT2D eigenvalue weighted by Crippen LogP contribution is 2.41. The summed E-state index contributed by atoms with van der Waals surface area (Å²) in [5, 5.41) is 0.130. The fourth-order valence-corrected chi connectivity index (χ4v) is 3.04. The molecule has 0 saturated heterocycles. The Bertz CT molecular complexity index is 481. The van der Waals surface area contributed by atoms with E-state index < -0.39 is 0 Å². The number of halogens is 1. The fraction of sp³-hybridized carbons (Fsp3) is 0.533. The average Bonchev–Trinajstić information content (AvgIpc) is 3.17. The minimum atomic E-state index is 0.130. The number of carbonyl (C=O) groups excluding carboxylic acids is 1. The van der Waals surface area contributed by atoms with Gasteiger partial charge in [0, 0.05) is 19.2 Å². The summed E-state index contributed by atoms with van der Waals surface area (Å²) in [4.78, 5) is 13.4. The van der Waals surface area contributed by atoms with Crippen molar-refractivity contribution in [3.63, 3.8) is 0 Å². The molecule has 1 amide bonds. The Labute approximate surface area is 113 Å². The topological polar surface area (TPSA) is 20.3 Å². The van der Waals surface area contributed by atoms with Gasteiger partial charge in [-0.15, -0.1) is 11.6 Å². The molecule has 1 saturated carbocycles. The van der Waals surface area contributed by atoms with Gasteiger partial charge in [0.05, 0.1) is 5.38 Å². The van der Waals surface area contributed by atoms with Gasteiger partial charge in [0.2, 0.25) is 5.91 Å². The molecule has 2 aliphatic rings. The van der Waals surface area contributed by atoms with E-state index in [1.807, 2.05) is 13.1 Å². The Morgan fingerprint density at radius 1 is 1.39 bits per heavy atom. The third kappa shape index (κ3) is 2.26. The maximum Gasteiger partial charge on any atom is 0.227 e. The highest BCUT2D eigenvalue weighted by molar-refractivity contribution is 6.20. The lowest BCUT2D eigenvalue weighted by Gasteiger charge is -2.26. The van der Waals surface area contributed by atoms with Crippen molar-refractivity contribution >= 4 is 23.2 Å². The molecule has 3 heteroatoms. The summed E-state index contributed by atoms with van der Waals surface area (Å²) in [5.74, 6) is 1.04. The molecule has 1 aliphatic heterocycles. The molecule has 1 unspecified atom stereocenters. The van der Waals surface area contributed by atoms with E-state index in [4.69, 9.17) is 11.6 Å². The fourth-order valence-electron chi connectivity index (χ4n) is 2.65. The van der Waals surface area contributed by atoms with Crippen molar-refractivity contribution in [2.24, 2.45) is 5.92 Å². The summed E-state index contributed by atoms with van der Waals surface area (Å²) in [7, 11) is 1.85. The molecular weight excluding hydrogens is 246 g/mol. The Balaban J connectivity index is 1.83. The Kier molecular flexibility index (Phi) is 3.06. The Morgan fingerprint density at radius 2 is 2.17 bits per heavy atom. The van der Waals surface area contributed by atoms with Crippen molar-refractivity contribution in [3.8, 4) is 0 Å². The SMILES string of the molecule is CN1C(=O)CCc2cc(C(Cl)CC3CC3)ccc21. The number of amides is 1. The number of hydrogen-bond donors (Lipinski definition) is 0. The summed E-state index contributed by atoms with van der Waals surface area (Å²) < 4.78 is 0. The van der Waals surface area contributed by atoms with Crippen molar-refractivity contribution in [1.29, 1.82) is 0 Å². The number of hydrogen-bond acceptors (Lipinski definition) is 1. The van der Waals surface area contributed by atoms with E-state index in [-0.39, 0.29) is 11.3 Å². The number of aryl methyl sites for hydroxylation is 1. The zero-order chi connectivity index (χ0) is 12.7. The second-order valence-corrected chi connectivity index (χ2v) is 6.01. The summed E-state index contributed by atoms with van der Waals surface area (Å²) in [6.07, 6.45) is 5.23. The molecule has 2 nitrogen and oxygen atoms in total. The van der Waals surface area contributed by atoms with E-state index >= 15 is 0 Å². The standard InChI is InChI=1S/C15H18ClNO/c1-17-14-6-4-11(13(16)8-10-2-3-10)9-12(14)5-7-15(17)18/h4,6,9-10,13H,2-3,5,7-8H2,1H3. The van der Waals surface area contributed by atoms with E-state index in [0.717, 1.165) is 24.4 Å². The van der Waals surface area contributed by atoms with E-state index in [0.29, 0.717) is 6.42 Å². The normalized spacial score (nSPS) is 20.8. The largest absolute Gasteiger partial charge is 0.315 e. The first-order valence-corrected chi connectivity index (χ1v) is 7.12. The first-order chi connectivity index (χ1) is 8.65. The molecule has 0 N–H and O–H groups in total. The summed E-state index contributed by atoms with van der Waals surface area (Å²) in [6.45, 7) is 0. The third-order valence-corrected chi connectivity index (χ3v) is 4.48. The molecule has 1 aromatic carbocycles. The molecule has 0 radical (unpaired) electrons. The predicted molar refractivity (Wildman–Crippen MR) is 74.1 cm³/mol. The van der Waals surface area contributed by atoms with Crippen LogP contribution in [0.1, 0.15) is 42.2 Å². The highest BCUT2D eigenvalue weighted by atomic mass is 35.5. The maximum atomic E-state index is 11.6. The number of alkyl halides is 1. The second-order valence-electron chi connectivity index (χ2n) is 5.49. The van der Waals surface area contributed by atoms with Crippen LogP contribution >= 0.6 is 11.6 Å². The molecule has 96 valence electrons. The van der Waals surface area contributed by atoms with Crippen LogP contribution in [0.2, 0.25) is 0 Å². The van der Waals surface area contributed by atoms with E-state index in [9.17, 15) is 4.79 Å². The zero-order valence-corrected chi connectivity index (χ0v) is 11.4. The monoisotopic (exact) mass is 263 g/mol. The predicted octanol–water partition coefficient (Wildman–Crippen LogP) is 3.68. The molecule has 3 rings (SSSR count). The van der Waals surface area contributed by atoms with E-state index in [2.05, 4.69) is 12.1 Å². The van der Waals surface area contributed by atoms with Crippen LogP contribution < -0.4 is 4.90 Å². The third-order valence-electron chi connectivity index (χ3n) is 4.05. The zero-order valence-electron chi connectivity index (χ0n) is 10.7. The van der Waals surface area contributed by atoms with Gasteiger partial charge in [-0.05, 0) is 36.0 Å². The molecule has 0 bridgehead atoms. The molecular formula is C15H18ClNO. The lowest BCUT2D eigenvalue weighted by atomic mass is 9.97. The van der Waals surface area contributed by atoms with Crippen molar-refractivity contribution in [2.75, 3.05) is 11.9 Å². The van der Waals surface area contributed by atoms with Crippen LogP contribution in [0.3, 0.4) is 0 Å². The van der Waals surface area contributed by atoms with Crippen molar-refractivity contribution in [3.05, 3.63) is 29.3 Å². The van der Waals surface area contributed by atoms with Gasteiger partial charge in [-0.2, -0.15) is 0 Å². The first-order valence-electron chi connectivity index (χ1n) is 6.68. The summed E-state index contributed by atoms with van der Waals surface area (Å²) in [5.41, 5.74) is 3.52. The Morgan fingerprint density at radius 3 is 2.89 bits per heavy atom. The van der Waals surface area contributed by atoms with E-state index in [1.165, 1.54) is 24.0 Å². The van der Waals surface area contributed by atoms with E-state index in [1.54, 1.807) is 4.90 Å². The van der Waals surface area contributed by atoms with Crippen LogP contribution in [0.4, 0.5) is 5.69 Å². The number of nitrogens with zero attached hydrogens (tertiary/aromatic N) is 1. The lowest BCUT2D eigenvalue weighted by Crippen LogP contribution is -2.31. The van der Waals surface area contributed by atoms with Gasteiger partial charge in [-0.25, -0.2) is 0 Å². The number of anilines is 1. The molecule has 18 heavy (non-hydrogen) atoms. The van der Waals surface area contributed by atoms with Gasteiger partial charge >= 0.3 is 0 Å². The summed E-state index contributed by atoms with van der Waals surface area (Å²) >= 11 is 6.47. The smallest absolute Gasteiger partial charge is 0.227 e. The van der Waals surface area contributed by atoms with Gasteiger partial charge in [-0.1, -0.05) is 25.0 Å². The minimum Gasteiger partial charge on any atom is -0.315 e. The molecule has 0 aromatic heterocycles. The number of fused-ring (bicyclic) bond motifs is 1. The maximum absolute atomic E-state index is 11.6. The number of benzene rings is 1. The van der Waals surface area contributed by atoms with Gasteiger partial charge in [-0.3, -0.25) is 4.79 Å². The molecule has 1 fully saturated rings. The quantitative estimate of drug-likeness (QED) is 0.762. The van der Waals surface area contributed by atoms with Gasteiger partial charge in [0.1, 0.15) is 0 Å². The molecule has 0 spiro atoms. The van der Waals surface area contributed by atoms with Gasteiger partial charge in [0.25, 0.3) is 0 Å². The Hall–Kier alpha value is -1.02. The highest BCUT2D eigenvalue weighted by Gasteiger charge is 2.26. The number of rotatable bonds is 3. The molecule has 1 aromatic rings. The first kappa shape index (κ1) is 12.0. The van der Waals surface area contributed by atoms with Crippen LogP contribution in [-0.2, 0) is 11.2 Å². The number of carbonyl (C=O) groups is 1. The average molecular weight is 264 g/mol. The van der Waals surface area contributed by atoms with Crippen LogP contribution in [0.25, 0.3) is 0 Å². The molecule has 1 aliphatic carbocycles. The van der Waals surface area contributed by atoms with Crippen molar-refractivity contribution in [1.82, 2.24) is 0 Å². The minimum absolute atomic E-state index is 0.130. The molecule has 1 heterocycles. The van der Waals surface area contributed by atoms with Crippen LogP contribution in [-0.4, -0.2) is 13.0 Å². The van der Waals surface area contributed by atoms with Gasteiger partial charge in [0.15, 0.2) is 0 Å². The van der Waals surface area contributed by atoms with Crippen LogP contribution in [0.15, 0.2) is 18.2 Å². The molecule has 1 atom stereocenters. The van der Waals surface area contributed by atoms with Crippen LogP contribution in [0, 0.1) is 5.92 Å². The lowest BCUT2D eigenvalue weighted by molar-refractivity contribution is -0.118. The van der Waals surface area contributed by atoms with Crippen LogP contribution in [0.5, 0.6) is 0 Å². The summed E-state index contributed by atoms with van der Waals surface area (Å²) in [6, 6.07) is 6.32. The van der Waals surface area contributed by atoms with Gasteiger partial charge < -0.3 is 4.90 Å². The van der Waals surface area contributed by atoms with Crippen molar-refractivity contribution < 1.29 is 4.79 Å².